The minimum absolute atomic E-state index is 0.257. The van der Waals surface area contributed by atoms with Gasteiger partial charge in [0.25, 0.3) is 0 Å². The van der Waals surface area contributed by atoms with Crippen molar-refractivity contribution in [3.63, 3.8) is 0 Å². The number of thiophene rings is 1. The first-order valence-corrected chi connectivity index (χ1v) is 6.39. The van der Waals surface area contributed by atoms with Gasteiger partial charge in [-0.15, -0.1) is 11.3 Å². The van der Waals surface area contributed by atoms with Gasteiger partial charge in [0.05, 0.1) is 29.1 Å². The molecule has 1 aliphatic heterocycles. The van der Waals surface area contributed by atoms with Crippen LogP contribution in [0.1, 0.15) is 22.2 Å². The van der Waals surface area contributed by atoms with Gasteiger partial charge in [0.2, 0.25) is 5.91 Å². The number of nitriles is 1. The van der Waals surface area contributed by atoms with Crippen molar-refractivity contribution in [3.8, 4) is 6.07 Å². The van der Waals surface area contributed by atoms with Crippen molar-refractivity contribution in [3.05, 3.63) is 33.8 Å². The summed E-state index contributed by atoms with van der Waals surface area (Å²) in [5, 5.41) is 21.0. The number of amides is 1. The first-order valence-electron chi connectivity index (χ1n) is 5.51. The van der Waals surface area contributed by atoms with Crippen LogP contribution < -0.4 is 5.32 Å². The number of hydrogen-bond donors (Lipinski definition) is 2. The molecule has 2 N–H and O–H groups in total. The average molecular weight is 258 g/mol. The summed E-state index contributed by atoms with van der Waals surface area (Å²) in [6, 6.07) is 5.94. The zero-order chi connectivity index (χ0) is 12.7. The summed E-state index contributed by atoms with van der Waals surface area (Å²) in [6.45, 7) is 1.85. The lowest BCUT2D eigenvalue weighted by atomic mass is 9.84. The van der Waals surface area contributed by atoms with Gasteiger partial charge in [-0.1, -0.05) is 6.07 Å². The van der Waals surface area contributed by atoms with E-state index < -0.39 is 5.92 Å². The molecule has 1 aliphatic rings. The van der Waals surface area contributed by atoms with E-state index in [9.17, 15) is 10.1 Å². The molecule has 0 aromatic carbocycles. The van der Waals surface area contributed by atoms with Gasteiger partial charge in [0, 0.05) is 4.88 Å². The molecule has 2 aromatic heterocycles. The fourth-order valence-corrected chi connectivity index (χ4v) is 3.11. The maximum Gasteiger partial charge on any atom is 0.242 e. The first-order chi connectivity index (χ1) is 8.72. The lowest BCUT2D eigenvalue weighted by Crippen LogP contribution is -2.32. The number of rotatable bonds is 1. The number of carbonyl (C=O) groups is 1. The van der Waals surface area contributed by atoms with E-state index in [2.05, 4.69) is 21.6 Å². The van der Waals surface area contributed by atoms with Crippen molar-refractivity contribution in [2.45, 2.75) is 12.8 Å². The van der Waals surface area contributed by atoms with E-state index in [0.29, 0.717) is 5.69 Å². The molecule has 2 aromatic rings. The quantitative estimate of drug-likeness (QED) is 0.820. The van der Waals surface area contributed by atoms with E-state index in [1.807, 2.05) is 24.4 Å². The van der Waals surface area contributed by atoms with Gasteiger partial charge < -0.3 is 5.32 Å². The Hall–Kier alpha value is -2.13. The van der Waals surface area contributed by atoms with Crippen molar-refractivity contribution in [1.29, 1.82) is 5.26 Å². The Bertz CT molecular complexity index is 638. The summed E-state index contributed by atoms with van der Waals surface area (Å²) in [5.74, 6) is -1.25. The molecule has 0 saturated carbocycles. The van der Waals surface area contributed by atoms with Crippen LogP contribution in [-0.2, 0) is 4.79 Å². The van der Waals surface area contributed by atoms with Crippen LogP contribution in [0.4, 0.5) is 5.69 Å². The molecule has 0 radical (unpaired) electrons. The van der Waals surface area contributed by atoms with Crippen molar-refractivity contribution in [2.75, 3.05) is 5.32 Å². The van der Waals surface area contributed by atoms with E-state index in [4.69, 9.17) is 0 Å². The zero-order valence-corrected chi connectivity index (χ0v) is 10.4. The number of nitrogens with zero attached hydrogens (tertiary/aromatic N) is 2. The highest BCUT2D eigenvalue weighted by molar-refractivity contribution is 7.10. The summed E-state index contributed by atoms with van der Waals surface area (Å²) >= 11 is 1.54. The molecule has 3 heterocycles. The molecule has 0 saturated heterocycles. The minimum Gasteiger partial charge on any atom is -0.322 e. The standard InChI is InChI=1S/C12H10N4OS/c1-6-10-11(16-15-6)9(8-3-2-4-18-8)7(5-13)12(17)14-10/h2-4,7,9H,1H3,(H,14,17)(H,15,16)/t7-,9-/m0/s1. The van der Waals surface area contributed by atoms with Crippen LogP contribution in [0.5, 0.6) is 0 Å². The molecule has 0 unspecified atom stereocenters. The van der Waals surface area contributed by atoms with Gasteiger partial charge in [-0.3, -0.25) is 9.89 Å². The van der Waals surface area contributed by atoms with Crippen molar-refractivity contribution in [2.24, 2.45) is 5.92 Å². The smallest absolute Gasteiger partial charge is 0.242 e. The molecule has 2 atom stereocenters. The average Bonchev–Trinajstić information content (AvgIpc) is 2.99. The Morgan fingerprint density at radius 3 is 3.06 bits per heavy atom. The first kappa shape index (κ1) is 11.0. The number of carbonyl (C=O) groups excluding carboxylic acids is 1. The van der Waals surface area contributed by atoms with Crippen LogP contribution in [0.15, 0.2) is 17.5 Å². The number of fused-ring (bicyclic) bond motifs is 1. The summed E-state index contributed by atoms with van der Waals surface area (Å²) < 4.78 is 0. The molecule has 18 heavy (non-hydrogen) atoms. The van der Waals surface area contributed by atoms with Crippen LogP contribution in [0.25, 0.3) is 0 Å². The van der Waals surface area contributed by atoms with E-state index in [0.717, 1.165) is 16.3 Å². The van der Waals surface area contributed by atoms with Crippen molar-refractivity contribution in [1.82, 2.24) is 10.2 Å². The number of hydrogen-bond acceptors (Lipinski definition) is 4. The number of aromatic amines is 1. The molecule has 6 heteroatoms. The van der Waals surface area contributed by atoms with Crippen LogP contribution in [0.3, 0.4) is 0 Å². The lowest BCUT2D eigenvalue weighted by Gasteiger charge is -2.25. The van der Waals surface area contributed by atoms with Gasteiger partial charge in [0.1, 0.15) is 5.92 Å². The second-order valence-corrected chi connectivity index (χ2v) is 5.18. The van der Waals surface area contributed by atoms with E-state index in [1.165, 1.54) is 11.3 Å². The maximum atomic E-state index is 12.0. The number of aromatic nitrogens is 2. The Morgan fingerprint density at radius 1 is 1.56 bits per heavy atom. The largest absolute Gasteiger partial charge is 0.322 e. The third-order valence-corrected chi connectivity index (χ3v) is 4.08. The summed E-state index contributed by atoms with van der Waals surface area (Å²) in [5.41, 5.74) is 2.28. The van der Waals surface area contributed by atoms with Crippen molar-refractivity contribution < 1.29 is 4.79 Å². The molecule has 5 nitrogen and oxygen atoms in total. The normalized spacial score (nSPS) is 22.1. The Kier molecular flexibility index (Phi) is 2.42. The van der Waals surface area contributed by atoms with Crippen LogP contribution in [-0.4, -0.2) is 16.1 Å². The zero-order valence-electron chi connectivity index (χ0n) is 9.60. The summed E-state index contributed by atoms with van der Waals surface area (Å²) in [4.78, 5) is 13.0. The molecular formula is C12H10N4OS. The highest BCUT2D eigenvalue weighted by Crippen LogP contribution is 2.41. The number of H-pyrrole nitrogens is 1. The second kappa shape index (κ2) is 3.96. The predicted molar refractivity (Wildman–Crippen MR) is 67.2 cm³/mol. The van der Waals surface area contributed by atoms with E-state index in [-0.39, 0.29) is 11.8 Å². The third-order valence-electron chi connectivity index (χ3n) is 3.12. The third kappa shape index (κ3) is 1.45. The van der Waals surface area contributed by atoms with E-state index >= 15 is 0 Å². The summed E-state index contributed by atoms with van der Waals surface area (Å²) in [6.07, 6.45) is 0. The van der Waals surface area contributed by atoms with Crippen molar-refractivity contribution >= 4 is 22.9 Å². The maximum absolute atomic E-state index is 12.0. The molecule has 90 valence electrons. The van der Waals surface area contributed by atoms with Gasteiger partial charge in [-0.2, -0.15) is 10.4 Å². The minimum atomic E-state index is -0.723. The number of anilines is 1. The van der Waals surface area contributed by atoms with Crippen LogP contribution in [0.2, 0.25) is 0 Å². The van der Waals surface area contributed by atoms with Gasteiger partial charge in [-0.25, -0.2) is 0 Å². The van der Waals surface area contributed by atoms with Gasteiger partial charge in [0.15, 0.2) is 0 Å². The lowest BCUT2D eigenvalue weighted by molar-refractivity contribution is -0.119. The Labute approximate surface area is 107 Å². The molecule has 0 spiro atoms. The molecule has 0 bridgehead atoms. The highest BCUT2D eigenvalue weighted by atomic mass is 32.1. The predicted octanol–water partition coefficient (Wildman–Crippen LogP) is 2.00. The molecule has 0 fully saturated rings. The second-order valence-electron chi connectivity index (χ2n) is 4.20. The number of nitrogens with one attached hydrogen (secondary N) is 2. The van der Waals surface area contributed by atoms with Crippen LogP contribution in [0, 0.1) is 24.2 Å². The highest BCUT2D eigenvalue weighted by Gasteiger charge is 2.40. The summed E-state index contributed by atoms with van der Waals surface area (Å²) in [7, 11) is 0. The van der Waals surface area contributed by atoms with Gasteiger partial charge in [-0.05, 0) is 18.4 Å². The Morgan fingerprint density at radius 2 is 2.39 bits per heavy atom. The molecule has 1 amide bonds. The fraction of sp³-hybridized carbons (Fsp3) is 0.250. The topological polar surface area (TPSA) is 81.6 Å². The molecule has 0 aliphatic carbocycles. The molecular weight excluding hydrogens is 248 g/mol. The molecule has 3 rings (SSSR count). The SMILES string of the molecule is Cc1[nH]nc2c1NC(=O)[C@@H](C#N)[C@H]2c1cccs1. The Balaban J connectivity index is 2.19. The number of aryl methyl sites for hydroxylation is 1. The fourth-order valence-electron chi connectivity index (χ4n) is 2.24. The van der Waals surface area contributed by atoms with Gasteiger partial charge >= 0.3 is 0 Å². The van der Waals surface area contributed by atoms with E-state index in [1.54, 1.807) is 0 Å². The van der Waals surface area contributed by atoms with Crippen LogP contribution >= 0.6 is 11.3 Å². The monoisotopic (exact) mass is 258 g/mol.